The molecule has 0 aliphatic rings. The van der Waals surface area contributed by atoms with Crippen molar-refractivity contribution >= 4 is 11.6 Å². The molecule has 2 aromatic carbocycles. The summed E-state index contributed by atoms with van der Waals surface area (Å²) >= 11 is 0. The Kier molecular flexibility index (Phi) is 4.30. The summed E-state index contributed by atoms with van der Waals surface area (Å²) in [6, 6.07) is 14.1. The number of carbonyl (C=O) groups excluding carboxylic acids is 1. The SMILES string of the molecule is N#CCOc1ccc(NC(=O)c2ccccc2F)cc1. The van der Waals surface area contributed by atoms with Gasteiger partial charge in [-0.15, -0.1) is 0 Å². The molecule has 0 atom stereocenters. The van der Waals surface area contributed by atoms with Gasteiger partial charge in [-0.3, -0.25) is 4.79 Å². The van der Waals surface area contributed by atoms with E-state index >= 15 is 0 Å². The number of ether oxygens (including phenoxy) is 1. The largest absolute Gasteiger partial charge is 0.479 e. The Morgan fingerprint density at radius 2 is 1.90 bits per heavy atom. The second kappa shape index (κ2) is 6.34. The number of nitriles is 1. The molecule has 100 valence electrons. The van der Waals surface area contributed by atoms with Crippen LogP contribution in [0.25, 0.3) is 0 Å². The fourth-order valence-electron chi connectivity index (χ4n) is 1.59. The van der Waals surface area contributed by atoms with Gasteiger partial charge in [0.1, 0.15) is 17.6 Å². The average Bonchev–Trinajstić information content (AvgIpc) is 2.47. The van der Waals surface area contributed by atoms with Crippen LogP contribution < -0.4 is 10.1 Å². The minimum absolute atomic E-state index is 0.0164. The van der Waals surface area contributed by atoms with Gasteiger partial charge in [0.15, 0.2) is 6.61 Å². The van der Waals surface area contributed by atoms with Gasteiger partial charge in [-0.05, 0) is 36.4 Å². The lowest BCUT2D eigenvalue weighted by Gasteiger charge is -2.07. The molecule has 0 bridgehead atoms. The maximum Gasteiger partial charge on any atom is 0.258 e. The van der Waals surface area contributed by atoms with Crippen molar-refractivity contribution < 1.29 is 13.9 Å². The number of anilines is 1. The van der Waals surface area contributed by atoms with Crippen LogP contribution in [-0.4, -0.2) is 12.5 Å². The molecule has 0 saturated heterocycles. The van der Waals surface area contributed by atoms with Crippen molar-refractivity contribution in [2.75, 3.05) is 11.9 Å². The highest BCUT2D eigenvalue weighted by atomic mass is 19.1. The normalized spacial score (nSPS) is 9.60. The van der Waals surface area contributed by atoms with Gasteiger partial charge in [-0.25, -0.2) is 4.39 Å². The number of nitrogens with zero attached hydrogens (tertiary/aromatic N) is 1. The quantitative estimate of drug-likeness (QED) is 0.929. The fraction of sp³-hybridized carbons (Fsp3) is 0.0667. The summed E-state index contributed by atoms with van der Waals surface area (Å²) in [4.78, 5) is 11.9. The van der Waals surface area contributed by atoms with Crippen LogP contribution in [0.4, 0.5) is 10.1 Å². The monoisotopic (exact) mass is 270 g/mol. The van der Waals surface area contributed by atoms with Crippen LogP contribution in [0.2, 0.25) is 0 Å². The summed E-state index contributed by atoms with van der Waals surface area (Å²) in [5, 5.41) is 11.0. The van der Waals surface area contributed by atoms with Crippen molar-refractivity contribution in [3.8, 4) is 11.8 Å². The molecule has 2 rings (SSSR count). The Labute approximate surface area is 115 Å². The summed E-state index contributed by atoms with van der Waals surface area (Å²) in [6.07, 6.45) is 0. The van der Waals surface area contributed by atoms with E-state index in [4.69, 9.17) is 10.00 Å². The van der Waals surface area contributed by atoms with Crippen LogP contribution in [0, 0.1) is 17.1 Å². The molecule has 2 aromatic rings. The second-order valence-electron chi connectivity index (χ2n) is 3.91. The van der Waals surface area contributed by atoms with Crippen LogP contribution in [0.1, 0.15) is 10.4 Å². The van der Waals surface area contributed by atoms with Crippen molar-refractivity contribution in [2.24, 2.45) is 0 Å². The van der Waals surface area contributed by atoms with Gasteiger partial charge in [0, 0.05) is 5.69 Å². The first-order valence-corrected chi connectivity index (χ1v) is 5.86. The molecule has 0 aliphatic carbocycles. The molecular formula is C15H11FN2O2. The maximum atomic E-state index is 13.4. The van der Waals surface area contributed by atoms with Gasteiger partial charge in [0.05, 0.1) is 5.56 Å². The van der Waals surface area contributed by atoms with Gasteiger partial charge in [-0.2, -0.15) is 5.26 Å². The minimum Gasteiger partial charge on any atom is -0.479 e. The molecule has 4 nitrogen and oxygen atoms in total. The van der Waals surface area contributed by atoms with Crippen LogP contribution in [0.15, 0.2) is 48.5 Å². The molecule has 0 spiro atoms. The third-order valence-electron chi connectivity index (χ3n) is 2.53. The Balaban J connectivity index is 2.05. The molecule has 1 amide bonds. The Bertz CT molecular complexity index is 648. The number of halogens is 1. The molecule has 1 N–H and O–H groups in total. The van der Waals surface area contributed by atoms with Crippen molar-refractivity contribution in [1.29, 1.82) is 5.26 Å². The maximum absolute atomic E-state index is 13.4. The molecule has 0 aromatic heterocycles. The van der Waals surface area contributed by atoms with Crippen molar-refractivity contribution in [1.82, 2.24) is 0 Å². The van der Waals surface area contributed by atoms with E-state index in [0.717, 1.165) is 0 Å². The van der Waals surface area contributed by atoms with Crippen molar-refractivity contribution in [3.63, 3.8) is 0 Å². The molecular weight excluding hydrogens is 259 g/mol. The average molecular weight is 270 g/mol. The molecule has 5 heteroatoms. The summed E-state index contributed by atoms with van der Waals surface area (Å²) in [5.41, 5.74) is 0.500. The molecule has 0 heterocycles. The fourth-order valence-corrected chi connectivity index (χ4v) is 1.59. The molecule has 0 aliphatic heterocycles. The van der Waals surface area contributed by atoms with E-state index in [2.05, 4.69) is 5.32 Å². The van der Waals surface area contributed by atoms with E-state index in [9.17, 15) is 9.18 Å². The van der Waals surface area contributed by atoms with E-state index in [1.54, 1.807) is 30.3 Å². The lowest BCUT2D eigenvalue weighted by atomic mass is 10.2. The van der Waals surface area contributed by atoms with Crippen molar-refractivity contribution in [3.05, 3.63) is 59.9 Å². The number of rotatable bonds is 4. The number of hydrogen-bond acceptors (Lipinski definition) is 3. The number of amides is 1. The predicted molar refractivity (Wildman–Crippen MR) is 71.9 cm³/mol. The van der Waals surface area contributed by atoms with E-state index < -0.39 is 11.7 Å². The van der Waals surface area contributed by atoms with E-state index in [-0.39, 0.29) is 12.2 Å². The Hall–Kier alpha value is -2.87. The van der Waals surface area contributed by atoms with E-state index in [0.29, 0.717) is 11.4 Å². The first-order chi connectivity index (χ1) is 9.70. The molecule has 20 heavy (non-hydrogen) atoms. The van der Waals surface area contributed by atoms with Crippen molar-refractivity contribution in [2.45, 2.75) is 0 Å². The van der Waals surface area contributed by atoms with Gasteiger partial charge < -0.3 is 10.1 Å². The topological polar surface area (TPSA) is 62.1 Å². The summed E-state index contributed by atoms with van der Waals surface area (Å²) in [5.74, 6) is -0.566. The summed E-state index contributed by atoms with van der Waals surface area (Å²) in [7, 11) is 0. The second-order valence-corrected chi connectivity index (χ2v) is 3.91. The Morgan fingerprint density at radius 3 is 2.55 bits per heavy atom. The van der Waals surface area contributed by atoms with Crippen LogP contribution in [-0.2, 0) is 0 Å². The summed E-state index contributed by atoms with van der Waals surface area (Å²) < 4.78 is 18.5. The zero-order chi connectivity index (χ0) is 14.4. The standard InChI is InChI=1S/C15H11FN2O2/c16-14-4-2-1-3-13(14)15(19)18-11-5-7-12(8-6-11)20-10-9-17/h1-8H,10H2,(H,18,19). The zero-order valence-electron chi connectivity index (χ0n) is 10.5. The molecule has 0 unspecified atom stereocenters. The highest BCUT2D eigenvalue weighted by molar-refractivity contribution is 6.04. The van der Waals surface area contributed by atoms with Crippen LogP contribution in [0.3, 0.4) is 0 Å². The number of hydrogen-bond donors (Lipinski definition) is 1. The minimum atomic E-state index is -0.570. The van der Waals surface area contributed by atoms with Gasteiger partial charge in [0.2, 0.25) is 0 Å². The third kappa shape index (κ3) is 3.33. The molecule has 0 saturated carbocycles. The lowest BCUT2D eigenvalue weighted by Crippen LogP contribution is -2.13. The zero-order valence-corrected chi connectivity index (χ0v) is 10.5. The summed E-state index contributed by atoms with van der Waals surface area (Å²) in [6.45, 7) is -0.0407. The number of carbonyl (C=O) groups is 1. The lowest BCUT2D eigenvalue weighted by molar-refractivity contribution is 0.102. The number of benzene rings is 2. The van der Waals surface area contributed by atoms with E-state index in [1.807, 2.05) is 6.07 Å². The first kappa shape index (κ1) is 13.6. The Morgan fingerprint density at radius 1 is 1.20 bits per heavy atom. The highest BCUT2D eigenvalue weighted by Gasteiger charge is 2.10. The van der Waals surface area contributed by atoms with Gasteiger partial charge in [0.25, 0.3) is 5.91 Å². The van der Waals surface area contributed by atoms with E-state index in [1.165, 1.54) is 18.2 Å². The smallest absolute Gasteiger partial charge is 0.258 e. The molecule has 0 radical (unpaired) electrons. The van der Waals surface area contributed by atoms with Gasteiger partial charge >= 0.3 is 0 Å². The first-order valence-electron chi connectivity index (χ1n) is 5.86. The number of nitrogens with one attached hydrogen (secondary N) is 1. The van der Waals surface area contributed by atoms with Crippen LogP contribution in [0.5, 0.6) is 5.75 Å². The third-order valence-corrected chi connectivity index (χ3v) is 2.53. The molecule has 0 fully saturated rings. The van der Waals surface area contributed by atoms with Crippen LogP contribution >= 0.6 is 0 Å². The predicted octanol–water partition coefficient (Wildman–Crippen LogP) is 2.98. The van der Waals surface area contributed by atoms with Gasteiger partial charge in [-0.1, -0.05) is 12.1 Å². The highest BCUT2D eigenvalue weighted by Crippen LogP contribution is 2.17.